The maximum Gasteiger partial charge on any atom is 0.225 e. The van der Waals surface area contributed by atoms with Crippen LogP contribution < -0.4 is 10.2 Å². The van der Waals surface area contributed by atoms with Gasteiger partial charge in [0, 0.05) is 25.5 Å². The number of hydrogen-bond acceptors (Lipinski definition) is 4. The Hall–Kier alpha value is -1.84. The minimum Gasteiger partial charge on any atom is -0.362 e. The standard InChI is InChI=1S/C18H26N4/c1-4-13-9-11-14(12-10-13)19-18-20-16-8-6-5-7-15(16)17(21-18)22(2)3/h5-8,13-14H,4,9-12H2,1-3H3,(H,19,20,21). The molecule has 0 radical (unpaired) electrons. The third-order valence-corrected chi connectivity index (χ3v) is 4.76. The van der Waals surface area contributed by atoms with E-state index >= 15 is 0 Å². The summed E-state index contributed by atoms with van der Waals surface area (Å²) in [5, 5.41) is 4.67. The number of hydrogen-bond donors (Lipinski definition) is 1. The van der Waals surface area contributed by atoms with Gasteiger partial charge in [-0.05, 0) is 43.7 Å². The monoisotopic (exact) mass is 298 g/mol. The van der Waals surface area contributed by atoms with E-state index in [2.05, 4.69) is 29.3 Å². The Labute approximate surface area is 133 Å². The molecule has 1 aromatic heterocycles. The highest BCUT2D eigenvalue weighted by Gasteiger charge is 2.21. The van der Waals surface area contributed by atoms with Crippen molar-refractivity contribution in [3.63, 3.8) is 0 Å². The Bertz CT molecular complexity index is 630. The normalized spacial score (nSPS) is 21.8. The molecule has 22 heavy (non-hydrogen) atoms. The third-order valence-electron chi connectivity index (χ3n) is 4.76. The number of para-hydroxylation sites is 1. The molecule has 0 aliphatic heterocycles. The summed E-state index contributed by atoms with van der Waals surface area (Å²) in [5.41, 5.74) is 1.01. The molecule has 0 bridgehead atoms. The second kappa shape index (κ2) is 6.51. The molecule has 0 atom stereocenters. The zero-order chi connectivity index (χ0) is 15.5. The predicted octanol–water partition coefficient (Wildman–Crippen LogP) is 4.08. The van der Waals surface area contributed by atoms with Gasteiger partial charge in [-0.3, -0.25) is 0 Å². The molecular formula is C18H26N4. The molecule has 1 aliphatic carbocycles. The molecule has 0 amide bonds. The van der Waals surface area contributed by atoms with Crippen LogP contribution in [0.2, 0.25) is 0 Å². The van der Waals surface area contributed by atoms with E-state index in [0.717, 1.165) is 28.6 Å². The van der Waals surface area contributed by atoms with Crippen LogP contribution in [0.3, 0.4) is 0 Å². The van der Waals surface area contributed by atoms with Crippen molar-refractivity contribution in [2.45, 2.75) is 45.1 Å². The van der Waals surface area contributed by atoms with Crippen molar-refractivity contribution in [3.05, 3.63) is 24.3 Å². The summed E-state index contributed by atoms with van der Waals surface area (Å²) in [4.78, 5) is 11.5. The molecule has 4 heteroatoms. The Morgan fingerprint density at radius 1 is 1.09 bits per heavy atom. The van der Waals surface area contributed by atoms with Gasteiger partial charge in [-0.15, -0.1) is 0 Å². The van der Waals surface area contributed by atoms with Crippen molar-refractivity contribution >= 4 is 22.7 Å². The molecule has 4 nitrogen and oxygen atoms in total. The van der Waals surface area contributed by atoms with E-state index in [1.54, 1.807) is 0 Å². The lowest BCUT2D eigenvalue weighted by Crippen LogP contribution is -2.27. The molecule has 1 N–H and O–H groups in total. The highest BCUT2D eigenvalue weighted by molar-refractivity contribution is 5.90. The molecule has 1 saturated carbocycles. The fourth-order valence-corrected chi connectivity index (χ4v) is 3.36. The number of aromatic nitrogens is 2. The molecule has 1 aliphatic rings. The molecule has 2 aromatic rings. The summed E-state index contributed by atoms with van der Waals surface area (Å²) >= 11 is 0. The lowest BCUT2D eigenvalue weighted by Gasteiger charge is -2.28. The average Bonchev–Trinajstić information content (AvgIpc) is 2.54. The van der Waals surface area contributed by atoms with E-state index in [1.807, 2.05) is 26.2 Å². The van der Waals surface area contributed by atoms with E-state index in [1.165, 1.54) is 32.1 Å². The van der Waals surface area contributed by atoms with E-state index in [-0.39, 0.29) is 0 Å². The van der Waals surface area contributed by atoms with Gasteiger partial charge in [0.05, 0.1) is 5.52 Å². The second-order valence-electron chi connectivity index (χ2n) is 6.55. The quantitative estimate of drug-likeness (QED) is 0.923. The van der Waals surface area contributed by atoms with Crippen LogP contribution in [0.15, 0.2) is 24.3 Å². The van der Waals surface area contributed by atoms with Gasteiger partial charge in [-0.2, -0.15) is 4.98 Å². The van der Waals surface area contributed by atoms with Crippen LogP contribution in [0, 0.1) is 5.92 Å². The number of nitrogens with one attached hydrogen (secondary N) is 1. The van der Waals surface area contributed by atoms with Gasteiger partial charge < -0.3 is 10.2 Å². The van der Waals surface area contributed by atoms with Gasteiger partial charge in [0.2, 0.25) is 5.95 Å². The Kier molecular flexibility index (Phi) is 4.46. The van der Waals surface area contributed by atoms with Crippen molar-refractivity contribution in [2.75, 3.05) is 24.3 Å². The largest absolute Gasteiger partial charge is 0.362 e. The van der Waals surface area contributed by atoms with Crippen LogP contribution in [0.1, 0.15) is 39.0 Å². The van der Waals surface area contributed by atoms with Gasteiger partial charge in [-0.1, -0.05) is 25.5 Å². The summed E-state index contributed by atoms with van der Waals surface area (Å²) in [6.07, 6.45) is 6.41. The minimum absolute atomic E-state index is 0.513. The van der Waals surface area contributed by atoms with Crippen molar-refractivity contribution in [3.8, 4) is 0 Å². The Balaban J connectivity index is 1.82. The maximum atomic E-state index is 4.74. The van der Waals surface area contributed by atoms with Crippen LogP contribution in [0.25, 0.3) is 10.9 Å². The van der Waals surface area contributed by atoms with Crippen LogP contribution in [-0.4, -0.2) is 30.1 Å². The summed E-state index contributed by atoms with van der Waals surface area (Å²) < 4.78 is 0. The average molecular weight is 298 g/mol. The van der Waals surface area contributed by atoms with Gasteiger partial charge >= 0.3 is 0 Å². The Morgan fingerprint density at radius 2 is 1.82 bits per heavy atom. The fraction of sp³-hybridized carbons (Fsp3) is 0.556. The van der Waals surface area contributed by atoms with Gasteiger partial charge in [0.25, 0.3) is 0 Å². The van der Waals surface area contributed by atoms with Gasteiger partial charge in [0.15, 0.2) is 0 Å². The smallest absolute Gasteiger partial charge is 0.225 e. The number of nitrogens with zero attached hydrogens (tertiary/aromatic N) is 3. The topological polar surface area (TPSA) is 41.1 Å². The van der Waals surface area contributed by atoms with E-state index in [0.29, 0.717) is 6.04 Å². The maximum absolute atomic E-state index is 4.74. The zero-order valence-corrected chi connectivity index (χ0v) is 13.8. The summed E-state index contributed by atoms with van der Waals surface area (Å²) in [6, 6.07) is 8.73. The van der Waals surface area contributed by atoms with Crippen molar-refractivity contribution < 1.29 is 0 Å². The number of fused-ring (bicyclic) bond motifs is 1. The predicted molar refractivity (Wildman–Crippen MR) is 93.5 cm³/mol. The van der Waals surface area contributed by atoms with E-state index in [4.69, 9.17) is 9.97 Å². The highest BCUT2D eigenvalue weighted by Crippen LogP contribution is 2.29. The summed E-state index contributed by atoms with van der Waals surface area (Å²) in [6.45, 7) is 2.30. The Morgan fingerprint density at radius 3 is 2.50 bits per heavy atom. The minimum atomic E-state index is 0.513. The van der Waals surface area contributed by atoms with Crippen molar-refractivity contribution in [2.24, 2.45) is 5.92 Å². The third kappa shape index (κ3) is 3.16. The molecule has 0 saturated heterocycles. The van der Waals surface area contributed by atoms with Crippen LogP contribution in [0.5, 0.6) is 0 Å². The molecule has 1 aromatic carbocycles. The summed E-state index contributed by atoms with van der Waals surface area (Å²) in [7, 11) is 4.07. The first-order chi connectivity index (χ1) is 10.7. The number of anilines is 2. The van der Waals surface area contributed by atoms with Gasteiger partial charge in [-0.25, -0.2) is 4.98 Å². The van der Waals surface area contributed by atoms with Crippen LogP contribution in [-0.2, 0) is 0 Å². The second-order valence-corrected chi connectivity index (χ2v) is 6.55. The van der Waals surface area contributed by atoms with Crippen LogP contribution >= 0.6 is 0 Å². The molecular weight excluding hydrogens is 272 g/mol. The SMILES string of the molecule is CCC1CCC(Nc2nc(N(C)C)c3ccccc3n2)CC1. The van der Waals surface area contributed by atoms with Crippen LogP contribution in [0.4, 0.5) is 11.8 Å². The fourth-order valence-electron chi connectivity index (χ4n) is 3.36. The lowest BCUT2D eigenvalue weighted by molar-refractivity contribution is 0.329. The van der Waals surface area contributed by atoms with Gasteiger partial charge in [0.1, 0.15) is 5.82 Å². The first-order valence-corrected chi connectivity index (χ1v) is 8.38. The molecule has 0 spiro atoms. The number of rotatable bonds is 4. The molecule has 1 fully saturated rings. The highest BCUT2D eigenvalue weighted by atomic mass is 15.2. The number of benzene rings is 1. The van der Waals surface area contributed by atoms with E-state index < -0.39 is 0 Å². The van der Waals surface area contributed by atoms with E-state index in [9.17, 15) is 0 Å². The lowest BCUT2D eigenvalue weighted by atomic mass is 9.85. The van der Waals surface area contributed by atoms with Crippen molar-refractivity contribution in [1.82, 2.24) is 9.97 Å². The molecule has 1 heterocycles. The first kappa shape index (κ1) is 15.1. The molecule has 118 valence electrons. The zero-order valence-electron chi connectivity index (χ0n) is 13.8. The first-order valence-electron chi connectivity index (χ1n) is 8.38. The van der Waals surface area contributed by atoms with Crippen molar-refractivity contribution in [1.29, 1.82) is 0 Å². The summed E-state index contributed by atoms with van der Waals surface area (Å²) in [5.74, 6) is 2.66. The molecule has 3 rings (SSSR count). The molecule has 0 unspecified atom stereocenters.